The molecule has 0 heterocycles. The molecule has 0 aromatic carbocycles. The van der Waals surface area contributed by atoms with Crippen LogP contribution in [-0.2, 0) is 4.79 Å². The van der Waals surface area contributed by atoms with Gasteiger partial charge in [-0.15, -0.1) is 0 Å². The smallest absolute Gasteiger partial charge is 0.132 e. The maximum atomic E-state index is 10.5. The molecule has 0 aliphatic heterocycles. The third kappa shape index (κ3) is 6.84. The highest BCUT2D eigenvalue weighted by Crippen LogP contribution is 2.12. The second-order valence-electron chi connectivity index (χ2n) is 3.86. The molecule has 2 nitrogen and oxygen atoms in total. The van der Waals surface area contributed by atoms with Crippen molar-refractivity contribution in [2.24, 2.45) is 0 Å². The van der Waals surface area contributed by atoms with Gasteiger partial charge in [0.1, 0.15) is 5.78 Å². The lowest BCUT2D eigenvalue weighted by molar-refractivity contribution is -0.120. The van der Waals surface area contributed by atoms with Crippen LogP contribution in [0.5, 0.6) is 0 Å². The summed E-state index contributed by atoms with van der Waals surface area (Å²) in [6.45, 7) is 0. The quantitative estimate of drug-likeness (QED) is 0.552. The van der Waals surface area contributed by atoms with Gasteiger partial charge in [-0.2, -0.15) is 0 Å². The molecular weight excluding hydrogens is 176 g/mol. The Balaban J connectivity index is 0.000000227. The summed E-state index contributed by atoms with van der Waals surface area (Å²) in [6, 6.07) is 0. The van der Waals surface area contributed by atoms with Crippen molar-refractivity contribution < 1.29 is 10.3 Å². The van der Waals surface area contributed by atoms with Crippen molar-refractivity contribution in [2.45, 2.75) is 57.8 Å². The molecule has 2 heteroatoms. The van der Waals surface area contributed by atoms with Crippen LogP contribution in [0.3, 0.4) is 0 Å². The topological polar surface area (TPSA) is 48.6 Å². The van der Waals surface area contributed by atoms with Crippen molar-refractivity contribution in [3.63, 3.8) is 0 Å². The van der Waals surface area contributed by atoms with Crippen molar-refractivity contribution in [1.82, 2.24) is 0 Å². The minimum Gasteiger partial charge on any atom is -0.412 e. The highest BCUT2D eigenvalue weighted by atomic mass is 16.1. The predicted octanol–water partition coefficient (Wildman–Crippen LogP) is 2.81. The molecule has 0 bridgehead atoms. The van der Waals surface area contributed by atoms with Crippen LogP contribution in [0, 0.1) is 0 Å². The first-order valence-electron chi connectivity index (χ1n) is 5.56. The van der Waals surface area contributed by atoms with Gasteiger partial charge in [-0.05, 0) is 38.5 Å². The molecule has 2 aliphatic rings. The van der Waals surface area contributed by atoms with E-state index in [0.717, 1.165) is 25.7 Å². The zero-order valence-electron chi connectivity index (χ0n) is 8.93. The first-order valence-corrected chi connectivity index (χ1v) is 5.56. The molecule has 2 N–H and O–H groups in total. The van der Waals surface area contributed by atoms with Gasteiger partial charge in [-0.25, -0.2) is 0 Å². The molecule has 2 rings (SSSR count). The average molecular weight is 198 g/mol. The number of carbonyl (C=O) groups excluding carboxylic acids is 1. The lowest BCUT2D eigenvalue weighted by atomic mass is 10.00. The van der Waals surface area contributed by atoms with E-state index in [9.17, 15) is 4.79 Å². The second-order valence-corrected chi connectivity index (χ2v) is 3.86. The molecule has 0 unspecified atom stereocenters. The largest absolute Gasteiger partial charge is 0.412 e. The Bertz CT molecular complexity index is 157. The van der Waals surface area contributed by atoms with E-state index in [0.29, 0.717) is 5.78 Å². The van der Waals surface area contributed by atoms with Gasteiger partial charge < -0.3 is 5.48 Å². The summed E-state index contributed by atoms with van der Waals surface area (Å²) in [5.74, 6) is 0.464. The number of allylic oxidation sites excluding steroid dienone is 2. The molecule has 0 radical (unpaired) electrons. The summed E-state index contributed by atoms with van der Waals surface area (Å²) in [6.07, 6.45) is 15.2. The predicted molar refractivity (Wildman–Crippen MR) is 59.3 cm³/mol. The fourth-order valence-electron chi connectivity index (χ4n) is 1.71. The van der Waals surface area contributed by atoms with Crippen molar-refractivity contribution in [3.05, 3.63) is 12.2 Å². The fourth-order valence-corrected chi connectivity index (χ4v) is 1.71. The first kappa shape index (κ1) is 13.4. The first-order chi connectivity index (χ1) is 6.39. The van der Waals surface area contributed by atoms with E-state index in [-0.39, 0.29) is 5.48 Å². The van der Waals surface area contributed by atoms with Crippen LogP contribution in [0.15, 0.2) is 12.2 Å². The summed E-state index contributed by atoms with van der Waals surface area (Å²) in [5.41, 5.74) is 0. The zero-order chi connectivity index (χ0) is 9.36. The van der Waals surface area contributed by atoms with E-state index in [2.05, 4.69) is 12.2 Å². The number of hydrogen-bond donors (Lipinski definition) is 0. The Morgan fingerprint density at radius 2 is 1.29 bits per heavy atom. The maximum absolute atomic E-state index is 10.5. The van der Waals surface area contributed by atoms with Gasteiger partial charge in [0.05, 0.1) is 0 Å². The molecule has 0 aromatic heterocycles. The van der Waals surface area contributed by atoms with Crippen LogP contribution in [0.1, 0.15) is 57.8 Å². The maximum Gasteiger partial charge on any atom is 0.132 e. The molecular formula is C12H22O2. The number of carbonyl (C=O) groups is 1. The Morgan fingerprint density at radius 1 is 0.786 bits per heavy atom. The monoisotopic (exact) mass is 198 g/mol. The van der Waals surface area contributed by atoms with E-state index in [1.165, 1.54) is 32.1 Å². The van der Waals surface area contributed by atoms with Gasteiger partial charge in [0, 0.05) is 12.8 Å². The molecule has 0 aromatic rings. The Kier molecular flexibility index (Phi) is 8.54. The molecule has 0 amide bonds. The van der Waals surface area contributed by atoms with Crippen molar-refractivity contribution in [2.75, 3.05) is 0 Å². The molecule has 14 heavy (non-hydrogen) atoms. The summed E-state index contributed by atoms with van der Waals surface area (Å²) < 4.78 is 0. The van der Waals surface area contributed by atoms with E-state index >= 15 is 0 Å². The average Bonchev–Trinajstić information content (AvgIpc) is 2.22. The second kappa shape index (κ2) is 8.95. The molecule has 2 aliphatic carbocycles. The minimum atomic E-state index is 0. The van der Waals surface area contributed by atoms with Gasteiger partial charge >= 0.3 is 0 Å². The zero-order valence-corrected chi connectivity index (χ0v) is 8.93. The highest BCUT2D eigenvalue weighted by molar-refractivity contribution is 5.78. The standard InChI is InChI=1S/C6H10O.C6H10.H2O/c7-6-4-2-1-3-5-6;1-2-4-6-5-3-1;/h1-5H2;1-2H,3-6H2;1H2. The van der Waals surface area contributed by atoms with Crippen LogP contribution < -0.4 is 0 Å². The van der Waals surface area contributed by atoms with Crippen LogP contribution >= 0.6 is 0 Å². The highest BCUT2D eigenvalue weighted by Gasteiger charge is 2.05. The molecule has 0 spiro atoms. The molecule has 82 valence electrons. The minimum absolute atomic E-state index is 0. The van der Waals surface area contributed by atoms with Crippen LogP contribution in [0.2, 0.25) is 0 Å². The molecule has 1 saturated carbocycles. The van der Waals surface area contributed by atoms with Crippen molar-refractivity contribution >= 4 is 5.78 Å². The lowest BCUT2D eigenvalue weighted by Crippen LogP contribution is -2.02. The van der Waals surface area contributed by atoms with E-state index in [4.69, 9.17) is 0 Å². The summed E-state index contributed by atoms with van der Waals surface area (Å²) in [4.78, 5) is 10.5. The Hall–Kier alpha value is -0.630. The molecule has 0 atom stereocenters. The Morgan fingerprint density at radius 3 is 1.50 bits per heavy atom. The summed E-state index contributed by atoms with van der Waals surface area (Å²) in [5, 5.41) is 0. The SMILES string of the molecule is C1=CCCCC1.O.O=C1CCCCC1. The number of ketones is 1. The number of Topliss-reactive ketones (excluding diaryl/α,β-unsaturated/α-hetero) is 1. The number of hydrogen-bond acceptors (Lipinski definition) is 1. The van der Waals surface area contributed by atoms with Gasteiger partial charge in [-0.3, -0.25) is 4.79 Å². The third-order valence-corrected chi connectivity index (χ3v) is 2.57. The summed E-state index contributed by atoms with van der Waals surface area (Å²) >= 11 is 0. The van der Waals surface area contributed by atoms with E-state index in [1.807, 2.05) is 0 Å². The van der Waals surface area contributed by atoms with Crippen LogP contribution in [-0.4, -0.2) is 11.3 Å². The Labute approximate surface area is 86.7 Å². The van der Waals surface area contributed by atoms with Crippen LogP contribution in [0.25, 0.3) is 0 Å². The van der Waals surface area contributed by atoms with E-state index < -0.39 is 0 Å². The number of rotatable bonds is 0. The van der Waals surface area contributed by atoms with Gasteiger partial charge in [-0.1, -0.05) is 18.6 Å². The van der Waals surface area contributed by atoms with Gasteiger partial charge in [0.2, 0.25) is 0 Å². The van der Waals surface area contributed by atoms with Crippen molar-refractivity contribution in [1.29, 1.82) is 0 Å². The van der Waals surface area contributed by atoms with Crippen LogP contribution in [0.4, 0.5) is 0 Å². The fraction of sp³-hybridized carbons (Fsp3) is 0.750. The van der Waals surface area contributed by atoms with Gasteiger partial charge in [0.15, 0.2) is 0 Å². The summed E-state index contributed by atoms with van der Waals surface area (Å²) in [7, 11) is 0. The molecule has 1 fully saturated rings. The molecule has 0 saturated heterocycles. The normalized spacial score (nSPS) is 20.4. The third-order valence-electron chi connectivity index (χ3n) is 2.57. The van der Waals surface area contributed by atoms with Gasteiger partial charge in [0.25, 0.3) is 0 Å². The lowest BCUT2D eigenvalue weighted by Gasteiger charge is -2.05. The van der Waals surface area contributed by atoms with Crippen molar-refractivity contribution in [3.8, 4) is 0 Å². The van der Waals surface area contributed by atoms with E-state index in [1.54, 1.807) is 0 Å².